The third-order valence-electron chi connectivity index (χ3n) is 3.75. The summed E-state index contributed by atoms with van der Waals surface area (Å²) in [5, 5.41) is 5.05. The van der Waals surface area contributed by atoms with Crippen LogP contribution < -0.4 is 9.86 Å². The zero-order valence-corrected chi connectivity index (χ0v) is 18.0. The van der Waals surface area contributed by atoms with Crippen molar-refractivity contribution in [2.45, 2.75) is 16.3 Å². The van der Waals surface area contributed by atoms with Gasteiger partial charge in [0.15, 0.2) is 0 Å². The van der Waals surface area contributed by atoms with Gasteiger partial charge in [0.25, 0.3) is 0 Å². The molecular weight excluding hydrogens is 482 g/mol. The van der Waals surface area contributed by atoms with Crippen LogP contribution in [0.15, 0.2) is 84.3 Å². The van der Waals surface area contributed by atoms with E-state index in [0.717, 1.165) is 4.47 Å². The van der Waals surface area contributed by atoms with Gasteiger partial charge in [0.05, 0.1) is 28.2 Å². The molecule has 0 radical (unpaired) electrons. The van der Waals surface area contributed by atoms with E-state index in [-0.39, 0.29) is 16.3 Å². The summed E-state index contributed by atoms with van der Waals surface area (Å²) in [6, 6.07) is 15.3. The van der Waals surface area contributed by atoms with E-state index < -0.39 is 20.0 Å². The molecule has 3 rings (SSSR count). The molecule has 0 amide bonds. The molecule has 8 nitrogen and oxygen atoms in total. The quantitative estimate of drug-likeness (QED) is 0.484. The highest BCUT2D eigenvalue weighted by atomic mass is 79.9. The summed E-state index contributed by atoms with van der Waals surface area (Å²) in [7, 11) is -7.41. The van der Waals surface area contributed by atoms with Crippen molar-refractivity contribution in [3.8, 4) is 0 Å². The molecule has 152 valence electrons. The van der Waals surface area contributed by atoms with E-state index >= 15 is 0 Å². The summed E-state index contributed by atoms with van der Waals surface area (Å²) in [4.78, 5) is 4.33. The van der Waals surface area contributed by atoms with E-state index in [0.29, 0.717) is 17.2 Å². The minimum Gasteiger partial charge on any atom is -0.459 e. The monoisotopic (exact) mass is 497 g/mol. The van der Waals surface area contributed by atoms with Crippen LogP contribution in [0.5, 0.6) is 0 Å². The maximum atomic E-state index is 12.3. The van der Waals surface area contributed by atoms with Crippen LogP contribution in [-0.4, -0.2) is 23.1 Å². The normalized spacial score (nSPS) is 12.5. The lowest BCUT2D eigenvalue weighted by atomic mass is 10.3. The van der Waals surface area contributed by atoms with Crippen LogP contribution in [0.1, 0.15) is 11.5 Å². The number of hydrogen-bond donors (Lipinski definition) is 2. The lowest BCUT2D eigenvalue weighted by molar-refractivity contribution is 0.494. The molecule has 0 unspecified atom stereocenters. The van der Waals surface area contributed by atoms with Gasteiger partial charge in [-0.3, -0.25) is 4.99 Å². The number of furan rings is 1. The lowest BCUT2D eigenvalue weighted by Gasteiger charge is -2.05. The van der Waals surface area contributed by atoms with E-state index in [2.05, 4.69) is 25.6 Å². The molecule has 0 atom stereocenters. The van der Waals surface area contributed by atoms with Gasteiger partial charge in [0.2, 0.25) is 20.0 Å². The Bertz CT molecular complexity index is 1230. The Morgan fingerprint density at radius 3 is 2.17 bits per heavy atom. The number of nitrogens with one attached hydrogen (secondary N) is 1. The first-order valence-electron chi connectivity index (χ1n) is 8.14. The first-order valence-corrected chi connectivity index (χ1v) is 12.0. The van der Waals surface area contributed by atoms with E-state index in [1.54, 1.807) is 24.3 Å². The number of halogens is 1. The van der Waals surface area contributed by atoms with Crippen molar-refractivity contribution >= 4 is 47.9 Å². The van der Waals surface area contributed by atoms with Crippen LogP contribution in [0, 0.1) is 0 Å². The van der Waals surface area contributed by atoms with E-state index in [4.69, 9.17) is 9.56 Å². The minimum atomic E-state index is -3.75. The molecule has 0 bridgehead atoms. The van der Waals surface area contributed by atoms with Crippen molar-refractivity contribution in [3.63, 3.8) is 0 Å². The fourth-order valence-corrected chi connectivity index (χ4v) is 4.06. The van der Waals surface area contributed by atoms with Crippen molar-refractivity contribution in [3.05, 3.63) is 76.7 Å². The third-order valence-corrected chi connectivity index (χ3v) is 6.62. The summed E-state index contributed by atoms with van der Waals surface area (Å²) >= 11 is 3.26. The number of nitrogens with two attached hydrogens (primary N) is 1. The van der Waals surface area contributed by atoms with Gasteiger partial charge < -0.3 is 4.42 Å². The fourth-order valence-electron chi connectivity index (χ4n) is 2.28. The van der Waals surface area contributed by atoms with Gasteiger partial charge in [-0.15, -0.1) is 0 Å². The Balaban J connectivity index is 1.63. The second-order valence-corrected chi connectivity index (χ2v) is 10.1. The predicted molar refractivity (Wildman–Crippen MR) is 112 cm³/mol. The average molecular weight is 498 g/mol. The molecule has 1 heterocycles. The largest absolute Gasteiger partial charge is 0.459 e. The number of benzene rings is 2. The molecule has 11 heteroatoms. The first kappa shape index (κ1) is 21.4. The molecular formula is C18H16BrN3O5S2. The third kappa shape index (κ3) is 5.84. The van der Waals surface area contributed by atoms with Crippen LogP contribution in [0.25, 0.3) is 0 Å². The molecule has 0 spiro atoms. The molecule has 0 aliphatic rings. The van der Waals surface area contributed by atoms with E-state index in [1.165, 1.54) is 42.6 Å². The number of aliphatic imine (C=N–C) groups is 1. The van der Waals surface area contributed by atoms with Crippen LogP contribution in [0.2, 0.25) is 0 Å². The number of nitrogens with zero attached hydrogens (tertiary/aromatic N) is 1. The summed E-state index contributed by atoms with van der Waals surface area (Å²) in [5.74, 6) is 0.829. The van der Waals surface area contributed by atoms with Gasteiger partial charge >= 0.3 is 0 Å². The second kappa shape index (κ2) is 8.59. The lowest BCUT2D eigenvalue weighted by Crippen LogP contribution is -2.22. The number of sulfonamides is 2. The molecule has 0 saturated carbocycles. The zero-order valence-electron chi connectivity index (χ0n) is 14.8. The smallest absolute Gasteiger partial charge is 0.240 e. The molecule has 0 aliphatic carbocycles. The van der Waals surface area contributed by atoms with Crippen molar-refractivity contribution in [2.24, 2.45) is 10.1 Å². The Labute approximate surface area is 176 Å². The summed E-state index contributed by atoms with van der Waals surface area (Å²) in [5.41, 5.74) is 0.506. The highest BCUT2D eigenvalue weighted by Crippen LogP contribution is 2.17. The van der Waals surface area contributed by atoms with Crippen molar-refractivity contribution < 1.29 is 21.3 Å². The van der Waals surface area contributed by atoms with Gasteiger partial charge in [-0.1, -0.05) is 15.9 Å². The molecule has 29 heavy (non-hydrogen) atoms. The first-order chi connectivity index (χ1) is 13.6. The molecule has 3 N–H and O–H groups in total. The molecule has 1 aromatic heterocycles. The molecule has 3 aromatic rings. The van der Waals surface area contributed by atoms with Crippen molar-refractivity contribution in [2.75, 3.05) is 0 Å². The highest BCUT2D eigenvalue weighted by molar-refractivity contribution is 9.10. The number of primary sulfonamides is 1. The van der Waals surface area contributed by atoms with Gasteiger partial charge in [0.1, 0.15) is 11.5 Å². The molecule has 0 fully saturated rings. The Morgan fingerprint density at radius 1 is 0.931 bits per heavy atom. The van der Waals surface area contributed by atoms with Crippen LogP contribution in [0.4, 0.5) is 5.69 Å². The Kier molecular flexibility index (Phi) is 6.34. The van der Waals surface area contributed by atoms with Crippen LogP contribution >= 0.6 is 15.9 Å². The fraction of sp³-hybridized carbons (Fsp3) is 0.0556. The van der Waals surface area contributed by atoms with Gasteiger partial charge in [-0.2, -0.15) is 0 Å². The predicted octanol–water partition coefficient (Wildman–Crippen LogP) is 2.92. The van der Waals surface area contributed by atoms with Crippen molar-refractivity contribution in [1.29, 1.82) is 0 Å². The standard InChI is InChI=1S/C18H16BrN3O5S2/c19-13-1-7-18(8-2-13)29(25,26)22-12-16-6-5-15(27-16)11-21-14-3-9-17(10-4-14)28(20,23)24/h1-11,22H,12H2,(H2,20,23,24). The second-order valence-electron chi connectivity index (χ2n) is 5.88. The summed E-state index contributed by atoms with van der Waals surface area (Å²) in [6.07, 6.45) is 1.44. The number of hydrogen-bond acceptors (Lipinski definition) is 6. The van der Waals surface area contributed by atoms with Gasteiger partial charge in [-0.25, -0.2) is 26.7 Å². The van der Waals surface area contributed by atoms with Crippen molar-refractivity contribution in [1.82, 2.24) is 4.72 Å². The topological polar surface area (TPSA) is 132 Å². The Hall–Kier alpha value is -2.31. The maximum absolute atomic E-state index is 12.3. The molecule has 0 aliphatic heterocycles. The zero-order chi connectivity index (χ0) is 21.1. The number of rotatable bonds is 7. The van der Waals surface area contributed by atoms with Gasteiger partial charge in [0, 0.05) is 4.47 Å². The summed E-state index contributed by atoms with van der Waals surface area (Å²) in [6.45, 7) is -0.0186. The SMILES string of the molecule is NS(=O)(=O)c1ccc(N=Cc2ccc(CNS(=O)(=O)c3ccc(Br)cc3)o2)cc1. The van der Waals surface area contributed by atoms with Crippen LogP contribution in [0.3, 0.4) is 0 Å². The molecule has 2 aromatic carbocycles. The maximum Gasteiger partial charge on any atom is 0.240 e. The average Bonchev–Trinajstić information content (AvgIpc) is 3.13. The van der Waals surface area contributed by atoms with Gasteiger partial charge in [-0.05, 0) is 60.7 Å². The Morgan fingerprint density at radius 2 is 1.55 bits per heavy atom. The van der Waals surface area contributed by atoms with E-state index in [1.807, 2.05) is 0 Å². The minimum absolute atomic E-state index is 0.00482. The van der Waals surface area contributed by atoms with E-state index in [9.17, 15) is 16.8 Å². The van der Waals surface area contributed by atoms with Crippen LogP contribution in [-0.2, 0) is 26.6 Å². The molecule has 0 saturated heterocycles. The highest BCUT2D eigenvalue weighted by Gasteiger charge is 2.14. The summed E-state index contributed by atoms with van der Waals surface area (Å²) < 4.78 is 55.8.